The van der Waals surface area contributed by atoms with Crippen LogP contribution in [0.25, 0.3) is 0 Å². The molecule has 0 amide bonds. The Kier molecular flexibility index (Phi) is 5.75. The number of benzene rings is 1. The number of hydrogen-bond donors (Lipinski definition) is 0. The van der Waals surface area contributed by atoms with Crippen molar-refractivity contribution in [3.05, 3.63) is 29.8 Å². The van der Waals surface area contributed by atoms with E-state index in [-0.39, 0.29) is 0 Å². The van der Waals surface area contributed by atoms with Crippen LogP contribution < -0.4 is 4.74 Å². The maximum absolute atomic E-state index is 5.81. The average molecular weight is 262 g/mol. The first-order chi connectivity index (χ1) is 8.90. The topological polar surface area (TPSA) is 18.5 Å². The van der Waals surface area contributed by atoms with Gasteiger partial charge < -0.3 is 9.16 Å². The number of hydrogen-bond acceptors (Lipinski definition) is 2. The first-order valence-electron chi connectivity index (χ1n) is 6.86. The Morgan fingerprint density at radius 1 is 1.17 bits per heavy atom. The molecule has 0 N–H and O–H groups in total. The summed E-state index contributed by atoms with van der Waals surface area (Å²) in [5, 5.41) is 0. The Balaban J connectivity index is 1.68. The lowest BCUT2D eigenvalue weighted by molar-refractivity contribution is 0.300. The maximum Gasteiger partial charge on any atom is 0.230 e. The van der Waals surface area contributed by atoms with Crippen LogP contribution in [0.4, 0.5) is 0 Å². The highest BCUT2D eigenvalue weighted by atomic mass is 28.2. The van der Waals surface area contributed by atoms with Crippen molar-refractivity contribution in [2.24, 2.45) is 5.92 Å². The SMILES string of the molecule is COc1ccccc1CO[Si]CC1CCCCC1. The first kappa shape index (κ1) is 13.6. The molecule has 2 nitrogen and oxygen atoms in total. The third-order valence-corrected chi connectivity index (χ3v) is 4.71. The van der Waals surface area contributed by atoms with Crippen molar-refractivity contribution in [2.75, 3.05) is 7.11 Å². The Morgan fingerprint density at radius 2 is 1.94 bits per heavy atom. The van der Waals surface area contributed by atoms with Crippen LogP contribution >= 0.6 is 0 Å². The van der Waals surface area contributed by atoms with Gasteiger partial charge >= 0.3 is 0 Å². The summed E-state index contributed by atoms with van der Waals surface area (Å²) in [7, 11) is 2.34. The zero-order valence-corrected chi connectivity index (χ0v) is 12.2. The van der Waals surface area contributed by atoms with E-state index in [2.05, 4.69) is 6.07 Å². The molecule has 98 valence electrons. The van der Waals surface area contributed by atoms with Crippen molar-refractivity contribution in [1.82, 2.24) is 0 Å². The number of ether oxygens (including phenoxy) is 1. The van der Waals surface area contributed by atoms with Gasteiger partial charge in [-0.3, -0.25) is 0 Å². The minimum atomic E-state index is 0.631. The predicted octanol–water partition coefficient (Wildman–Crippen LogP) is 3.83. The van der Waals surface area contributed by atoms with Crippen LogP contribution in [-0.4, -0.2) is 16.9 Å². The molecule has 0 unspecified atom stereocenters. The number of methoxy groups -OCH3 is 1. The maximum atomic E-state index is 5.81. The van der Waals surface area contributed by atoms with E-state index in [4.69, 9.17) is 9.16 Å². The van der Waals surface area contributed by atoms with Gasteiger partial charge in [-0.2, -0.15) is 0 Å². The highest BCUT2D eigenvalue weighted by Crippen LogP contribution is 2.26. The molecular formula is C15H22O2Si. The molecule has 2 radical (unpaired) electrons. The van der Waals surface area contributed by atoms with Crippen LogP contribution in [0.15, 0.2) is 24.3 Å². The molecule has 0 heterocycles. The fraction of sp³-hybridized carbons (Fsp3) is 0.600. The molecule has 0 bridgehead atoms. The van der Waals surface area contributed by atoms with Crippen molar-refractivity contribution >= 4 is 9.76 Å². The zero-order valence-electron chi connectivity index (χ0n) is 11.2. The molecule has 3 heteroatoms. The Hall–Kier alpha value is -0.803. The second-order valence-corrected chi connectivity index (χ2v) is 5.94. The van der Waals surface area contributed by atoms with E-state index < -0.39 is 0 Å². The largest absolute Gasteiger partial charge is 0.496 e. The van der Waals surface area contributed by atoms with E-state index in [0.717, 1.165) is 17.2 Å². The van der Waals surface area contributed by atoms with E-state index in [1.807, 2.05) is 18.2 Å². The Morgan fingerprint density at radius 3 is 2.72 bits per heavy atom. The lowest BCUT2D eigenvalue weighted by Crippen LogP contribution is -2.11. The summed E-state index contributed by atoms with van der Waals surface area (Å²) in [4.78, 5) is 0. The summed E-state index contributed by atoms with van der Waals surface area (Å²) in [5.74, 6) is 1.84. The van der Waals surface area contributed by atoms with Crippen molar-refractivity contribution in [1.29, 1.82) is 0 Å². The van der Waals surface area contributed by atoms with Gasteiger partial charge in [-0.05, 0) is 18.0 Å². The second-order valence-electron chi connectivity index (χ2n) is 4.95. The fourth-order valence-electron chi connectivity index (χ4n) is 2.52. The summed E-state index contributed by atoms with van der Waals surface area (Å²) >= 11 is 0. The van der Waals surface area contributed by atoms with Crippen molar-refractivity contribution in [3.63, 3.8) is 0 Å². The Bertz CT molecular complexity index is 348. The fourth-order valence-corrected chi connectivity index (χ4v) is 3.54. The molecule has 0 aromatic heterocycles. The van der Waals surface area contributed by atoms with Gasteiger partial charge in [0.1, 0.15) is 5.75 Å². The molecule has 1 saturated carbocycles. The Labute approximate surface area is 113 Å². The van der Waals surface area contributed by atoms with Crippen molar-refractivity contribution < 1.29 is 9.16 Å². The predicted molar refractivity (Wildman–Crippen MR) is 74.9 cm³/mol. The van der Waals surface area contributed by atoms with Crippen molar-refractivity contribution in [2.45, 2.75) is 44.8 Å². The van der Waals surface area contributed by atoms with Gasteiger partial charge in [-0.1, -0.05) is 50.3 Å². The van der Waals surface area contributed by atoms with E-state index in [9.17, 15) is 0 Å². The summed E-state index contributed by atoms with van der Waals surface area (Å²) < 4.78 is 11.1. The van der Waals surface area contributed by atoms with Gasteiger partial charge in [0.25, 0.3) is 0 Å². The highest BCUT2D eigenvalue weighted by Gasteiger charge is 2.13. The summed E-state index contributed by atoms with van der Waals surface area (Å²) in [5.41, 5.74) is 1.15. The molecule has 1 aliphatic rings. The monoisotopic (exact) mass is 262 g/mol. The van der Waals surface area contributed by atoms with E-state index in [1.165, 1.54) is 38.1 Å². The molecule has 0 spiro atoms. The first-order valence-corrected chi connectivity index (χ1v) is 7.98. The second kappa shape index (κ2) is 7.59. The van der Waals surface area contributed by atoms with Gasteiger partial charge in [-0.15, -0.1) is 0 Å². The zero-order chi connectivity index (χ0) is 12.6. The molecule has 1 aromatic rings. The van der Waals surface area contributed by atoms with E-state index in [1.54, 1.807) is 7.11 Å². The number of rotatable bonds is 6. The normalized spacial score (nSPS) is 16.7. The lowest BCUT2D eigenvalue weighted by atomic mass is 9.91. The minimum Gasteiger partial charge on any atom is -0.496 e. The molecular weight excluding hydrogens is 240 g/mol. The number of para-hydroxylation sites is 1. The molecule has 0 saturated heterocycles. The third kappa shape index (κ3) is 4.14. The van der Waals surface area contributed by atoms with Gasteiger partial charge in [0.2, 0.25) is 9.76 Å². The van der Waals surface area contributed by atoms with Crippen molar-refractivity contribution in [3.8, 4) is 5.75 Å². The summed E-state index contributed by atoms with van der Waals surface area (Å²) in [6, 6.07) is 9.33. The quantitative estimate of drug-likeness (QED) is 0.573. The van der Waals surface area contributed by atoms with Gasteiger partial charge in [-0.25, -0.2) is 0 Å². The molecule has 1 aromatic carbocycles. The van der Waals surface area contributed by atoms with Crippen LogP contribution in [0.2, 0.25) is 6.04 Å². The average Bonchev–Trinajstić information content (AvgIpc) is 2.45. The standard InChI is InChI=1S/C15H22O2Si/c1-16-15-10-6-5-9-14(15)11-17-18-12-13-7-3-2-4-8-13/h5-6,9-10,13H,2-4,7-8,11-12H2,1H3. The smallest absolute Gasteiger partial charge is 0.230 e. The van der Waals surface area contributed by atoms with Crippen LogP contribution in [0.5, 0.6) is 5.75 Å². The van der Waals surface area contributed by atoms with E-state index >= 15 is 0 Å². The molecule has 1 fully saturated rings. The van der Waals surface area contributed by atoms with E-state index in [0.29, 0.717) is 16.4 Å². The van der Waals surface area contributed by atoms with Gasteiger partial charge in [0.05, 0.1) is 13.7 Å². The lowest BCUT2D eigenvalue weighted by Gasteiger charge is -2.20. The summed E-state index contributed by atoms with van der Waals surface area (Å²) in [6.45, 7) is 0.676. The summed E-state index contributed by atoms with van der Waals surface area (Å²) in [6.07, 6.45) is 7.08. The van der Waals surface area contributed by atoms with Gasteiger partial charge in [0.15, 0.2) is 0 Å². The van der Waals surface area contributed by atoms with Crippen LogP contribution in [0.1, 0.15) is 37.7 Å². The molecule has 18 heavy (non-hydrogen) atoms. The highest BCUT2D eigenvalue weighted by molar-refractivity contribution is 6.27. The molecule has 1 aliphatic carbocycles. The van der Waals surface area contributed by atoms with Gasteiger partial charge in [0, 0.05) is 5.56 Å². The minimum absolute atomic E-state index is 0.631. The van der Waals surface area contributed by atoms with Crippen LogP contribution in [0.3, 0.4) is 0 Å². The third-order valence-electron chi connectivity index (χ3n) is 3.62. The van der Waals surface area contributed by atoms with Crippen LogP contribution in [-0.2, 0) is 11.0 Å². The molecule has 2 rings (SSSR count). The molecule has 0 aliphatic heterocycles. The van der Waals surface area contributed by atoms with Crippen LogP contribution in [0, 0.1) is 5.92 Å². The molecule has 0 atom stereocenters.